The lowest BCUT2D eigenvalue weighted by Gasteiger charge is -2.33. The van der Waals surface area contributed by atoms with Gasteiger partial charge in [-0.15, -0.1) is 0 Å². The summed E-state index contributed by atoms with van der Waals surface area (Å²) in [4.78, 5) is 7.02. The summed E-state index contributed by atoms with van der Waals surface area (Å²) in [6.07, 6.45) is 8.09. The molecule has 4 aromatic carbocycles. The van der Waals surface area contributed by atoms with Gasteiger partial charge < -0.3 is 15.5 Å². The van der Waals surface area contributed by atoms with Crippen LogP contribution in [0.2, 0.25) is 0 Å². The van der Waals surface area contributed by atoms with Crippen molar-refractivity contribution in [1.82, 2.24) is 0 Å². The number of allylic oxidation sites excluding steroid dienone is 4. The zero-order chi connectivity index (χ0) is 23.1. The average molecular weight is 458 g/mol. The van der Waals surface area contributed by atoms with Crippen LogP contribution in [0.5, 0.6) is 0 Å². The fraction of sp³-hybridized carbons (Fsp3) is 0. The summed E-state index contributed by atoms with van der Waals surface area (Å²) < 4.78 is 0. The van der Waals surface area contributed by atoms with E-state index in [4.69, 9.17) is 5.73 Å². The van der Waals surface area contributed by atoms with E-state index in [9.17, 15) is 0 Å². The molecule has 0 aromatic heterocycles. The first kappa shape index (κ1) is 20.5. The number of fused-ring (bicyclic) bond motifs is 3. The monoisotopic (exact) mass is 457 g/mol. The topological polar surface area (TPSA) is 32.5 Å². The maximum atomic E-state index is 6.35. The molecule has 2 heterocycles. The molecule has 4 aromatic rings. The van der Waals surface area contributed by atoms with Crippen LogP contribution in [0.4, 0.5) is 34.1 Å². The molecule has 0 amide bonds. The number of nitrogen functional groups attached to an aromatic ring is 1. The number of nitrogens with two attached hydrogens (primary N) is 1. The van der Waals surface area contributed by atoms with Crippen molar-refractivity contribution in [3.63, 3.8) is 0 Å². The first-order chi connectivity index (χ1) is 16.7. The summed E-state index contributed by atoms with van der Waals surface area (Å²) in [5, 5.41) is 0. The normalized spacial score (nSPS) is 16.1. The zero-order valence-corrected chi connectivity index (χ0v) is 19.4. The van der Waals surface area contributed by atoms with E-state index in [1.807, 2.05) is 42.1 Å². The maximum absolute atomic E-state index is 6.35. The lowest BCUT2D eigenvalue weighted by molar-refractivity contribution is 1.16. The molecule has 34 heavy (non-hydrogen) atoms. The average Bonchev–Trinajstić information content (AvgIpc) is 2.86. The van der Waals surface area contributed by atoms with E-state index in [1.54, 1.807) is 0 Å². The third kappa shape index (κ3) is 3.40. The minimum Gasteiger partial charge on any atom is -0.398 e. The van der Waals surface area contributed by atoms with Crippen LogP contribution in [0.15, 0.2) is 132 Å². The Morgan fingerprint density at radius 2 is 1.26 bits per heavy atom. The Morgan fingerprint density at radius 1 is 0.647 bits per heavy atom. The second kappa shape index (κ2) is 8.32. The third-order valence-electron chi connectivity index (χ3n) is 6.12. The molecule has 0 saturated carbocycles. The molecule has 0 bridgehead atoms. The van der Waals surface area contributed by atoms with Gasteiger partial charge in [0.1, 0.15) is 0 Å². The van der Waals surface area contributed by atoms with Gasteiger partial charge in [-0.3, -0.25) is 0 Å². The second-order valence-corrected chi connectivity index (χ2v) is 9.31. The summed E-state index contributed by atoms with van der Waals surface area (Å²) in [6.45, 7) is 4.23. The number of hydrogen-bond acceptors (Lipinski definition) is 4. The van der Waals surface area contributed by atoms with Gasteiger partial charge in [-0.25, -0.2) is 0 Å². The summed E-state index contributed by atoms with van der Waals surface area (Å²) in [5.41, 5.74) is 14.5. The highest BCUT2D eigenvalue weighted by molar-refractivity contribution is 7.99. The maximum Gasteiger partial charge on any atom is 0.0601 e. The van der Waals surface area contributed by atoms with E-state index >= 15 is 0 Å². The Kier molecular flexibility index (Phi) is 5.01. The molecular formula is C30H23N3S. The van der Waals surface area contributed by atoms with E-state index in [0.29, 0.717) is 0 Å². The molecule has 0 radical (unpaired) electrons. The quantitative estimate of drug-likeness (QED) is 0.270. The molecule has 4 heteroatoms. The molecule has 3 nitrogen and oxygen atoms in total. The van der Waals surface area contributed by atoms with Crippen LogP contribution in [-0.4, -0.2) is 0 Å². The third-order valence-corrected chi connectivity index (χ3v) is 7.25. The highest BCUT2D eigenvalue weighted by Gasteiger charge is 2.24. The fourth-order valence-electron chi connectivity index (χ4n) is 4.55. The fourth-order valence-corrected chi connectivity index (χ4v) is 5.61. The molecule has 0 saturated heterocycles. The Labute approximate surface area is 204 Å². The van der Waals surface area contributed by atoms with Crippen LogP contribution in [0.25, 0.3) is 5.57 Å². The molecule has 2 N–H and O–H groups in total. The van der Waals surface area contributed by atoms with Gasteiger partial charge in [-0.1, -0.05) is 60.8 Å². The highest BCUT2D eigenvalue weighted by Crippen LogP contribution is 2.51. The SMILES string of the molecule is C=C1/C=C\C=C/N(c2ccc(N3c4ccccc4Sc4ccccc43)cc2)c2cccc(N)c21. The van der Waals surface area contributed by atoms with Crippen LogP contribution in [0.1, 0.15) is 5.56 Å². The molecule has 0 unspecified atom stereocenters. The van der Waals surface area contributed by atoms with Crippen molar-refractivity contribution < 1.29 is 0 Å². The molecular weight excluding hydrogens is 434 g/mol. The lowest BCUT2D eigenvalue weighted by Crippen LogP contribution is -2.15. The molecule has 0 aliphatic carbocycles. The van der Waals surface area contributed by atoms with Crippen LogP contribution in [0.3, 0.4) is 0 Å². The Bertz CT molecular complexity index is 1420. The van der Waals surface area contributed by atoms with Crippen molar-refractivity contribution >= 4 is 51.5 Å². The largest absolute Gasteiger partial charge is 0.398 e. The molecule has 0 fully saturated rings. The first-order valence-electron chi connectivity index (χ1n) is 11.2. The van der Waals surface area contributed by atoms with E-state index < -0.39 is 0 Å². The number of anilines is 6. The van der Waals surface area contributed by atoms with E-state index in [0.717, 1.165) is 33.9 Å². The number of nitrogens with zero attached hydrogens (tertiary/aromatic N) is 2. The first-order valence-corrected chi connectivity index (χ1v) is 12.0. The van der Waals surface area contributed by atoms with E-state index in [1.165, 1.54) is 21.2 Å². The smallest absolute Gasteiger partial charge is 0.0601 e. The van der Waals surface area contributed by atoms with Crippen LogP contribution >= 0.6 is 11.8 Å². The highest BCUT2D eigenvalue weighted by atomic mass is 32.2. The summed E-state index contributed by atoms with van der Waals surface area (Å²) in [7, 11) is 0. The van der Waals surface area contributed by atoms with Gasteiger partial charge in [0.05, 0.1) is 17.1 Å². The Balaban J connectivity index is 1.44. The van der Waals surface area contributed by atoms with Crippen molar-refractivity contribution in [3.8, 4) is 0 Å². The predicted octanol–water partition coefficient (Wildman–Crippen LogP) is 8.44. The lowest BCUT2D eigenvalue weighted by atomic mass is 10.0. The molecule has 164 valence electrons. The van der Waals surface area contributed by atoms with Gasteiger partial charge in [0.2, 0.25) is 0 Å². The standard InChI is InChI=1S/C30H23N3S/c1-21-9-6-7-20-32(27-13-8-10-24(31)30(21)27)22-16-18-23(19-17-22)33-25-11-2-4-14-28(25)34-29-15-5-3-12-26(29)33/h2-20H,1,31H2/b9-6-,20-7-. The van der Waals surface area contributed by atoms with Gasteiger partial charge >= 0.3 is 0 Å². The van der Waals surface area contributed by atoms with Crippen molar-refractivity contribution in [1.29, 1.82) is 0 Å². The van der Waals surface area contributed by atoms with Crippen LogP contribution in [0, 0.1) is 0 Å². The van der Waals surface area contributed by atoms with Crippen molar-refractivity contribution in [3.05, 3.63) is 128 Å². The molecule has 2 aliphatic rings. The molecule has 2 aliphatic heterocycles. The van der Waals surface area contributed by atoms with Gasteiger partial charge in [0.15, 0.2) is 0 Å². The van der Waals surface area contributed by atoms with Crippen molar-refractivity contribution in [2.45, 2.75) is 9.79 Å². The summed E-state index contributed by atoms with van der Waals surface area (Å²) in [6, 6.07) is 31.8. The van der Waals surface area contributed by atoms with Crippen LogP contribution in [-0.2, 0) is 0 Å². The van der Waals surface area contributed by atoms with Gasteiger partial charge in [-0.2, -0.15) is 0 Å². The Morgan fingerprint density at radius 3 is 1.97 bits per heavy atom. The number of rotatable bonds is 2. The molecule has 0 atom stereocenters. The van der Waals surface area contributed by atoms with Gasteiger partial charge in [-0.05, 0) is 72.3 Å². The molecule has 6 rings (SSSR count). The summed E-state index contributed by atoms with van der Waals surface area (Å²) in [5.74, 6) is 0. The van der Waals surface area contributed by atoms with Crippen molar-refractivity contribution in [2.24, 2.45) is 0 Å². The number of benzene rings is 4. The number of para-hydroxylation sites is 2. The van der Waals surface area contributed by atoms with Gasteiger partial charge in [0.25, 0.3) is 0 Å². The minimum absolute atomic E-state index is 0.725. The van der Waals surface area contributed by atoms with Crippen molar-refractivity contribution in [2.75, 3.05) is 15.5 Å². The Hall–Kier alpha value is -4.15. The van der Waals surface area contributed by atoms with Crippen LogP contribution < -0.4 is 15.5 Å². The number of hydrogen-bond donors (Lipinski definition) is 1. The zero-order valence-electron chi connectivity index (χ0n) is 18.6. The van der Waals surface area contributed by atoms with E-state index in [-0.39, 0.29) is 0 Å². The van der Waals surface area contributed by atoms with Gasteiger partial charge in [0, 0.05) is 38.6 Å². The second-order valence-electron chi connectivity index (χ2n) is 8.23. The van der Waals surface area contributed by atoms with E-state index in [2.05, 4.69) is 101 Å². The predicted molar refractivity (Wildman–Crippen MR) is 146 cm³/mol. The summed E-state index contributed by atoms with van der Waals surface area (Å²) >= 11 is 1.82. The minimum atomic E-state index is 0.725. The molecule has 0 spiro atoms.